The first-order valence-corrected chi connectivity index (χ1v) is 11.4. The Kier molecular flexibility index (Phi) is 5.94. The van der Waals surface area contributed by atoms with Gasteiger partial charge in [-0.3, -0.25) is 9.59 Å². The number of hydrogen-bond acceptors (Lipinski definition) is 5. The number of hydrogen-bond donors (Lipinski definition) is 2. The third-order valence-electron chi connectivity index (χ3n) is 4.66. The van der Waals surface area contributed by atoms with E-state index in [1.807, 2.05) is 44.2 Å². The Morgan fingerprint density at radius 3 is 2.70 bits per heavy atom. The minimum absolute atomic E-state index is 0.121. The summed E-state index contributed by atoms with van der Waals surface area (Å²) in [5.41, 5.74) is 3.19. The summed E-state index contributed by atoms with van der Waals surface area (Å²) in [7, 11) is 0. The van der Waals surface area contributed by atoms with Crippen molar-refractivity contribution in [3.05, 3.63) is 74.3 Å². The van der Waals surface area contributed by atoms with E-state index >= 15 is 0 Å². The lowest BCUT2D eigenvalue weighted by atomic mass is 10.0. The molecule has 2 N–H and O–H groups in total. The maximum absolute atomic E-state index is 12.8. The largest absolute Gasteiger partial charge is 0.325 e. The second-order valence-corrected chi connectivity index (χ2v) is 9.27. The highest BCUT2D eigenvalue weighted by Crippen LogP contribution is 2.35. The minimum atomic E-state index is -0.197. The van der Waals surface area contributed by atoms with Crippen LogP contribution in [0.15, 0.2) is 58.5 Å². The van der Waals surface area contributed by atoms with Crippen LogP contribution < -0.4 is 10.9 Å². The molecule has 0 aliphatic heterocycles. The summed E-state index contributed by atoms with van der Waals surface area (Å²) >= 11 is 8.77. The lowest BCUT2D eigenvalue weighted by Gasteiger charge is -2.09. The number of thiophene rings is 1. The number of nitrogens with zero attached hydrogens (tertiary/aromatic N) is 1. The molecule has 0 aliphatic carbocycles. The van der Waals surface area contributed by atoms with Gasteiger partial charge >= 0.3 is 0 Å². The number of aryl methyl sites for hydroxylation is 1. The van der Waals surface area contributed by atoms with Crippen molar-refractivity contribution in [2.45, 2.75) is 19.0 Å². The predicted octanol–water partition coefficient (Wildman–Crippen LogP) is 5.65. The van der Waals surface area contributed by atoms with Gasteiger partial charge in [-0.1, -0.05) is 59.8 Å². The Morgan fingerprint density at radius 2 is 1.93 bits per heavy atom. The number of aromatic amines is 1. The van der Waals surface area contributed by atoms with Gasteiger partial charge < -0.3 is 10.3 Å². The number of thioether (sulfide) groups is 1. The summed E-state index contributed by atoms with van der Waals surface area (Å²) in [6.07, 6.45) is 0. The number of carbonyl (C=O) groups is 1. The fourth-order valence-corrected chi connectivity index (χ4v) is 5.12. The molecule has 152 valence electrons. The van der Waals surface area contributed by atoms with Gasteiger partial charge in [0.25, 0.3) is 5.56 Å². The molecule has 4 rings (SSSR count). The third kappa shape index (κ3) is 4.14. The molecule has 4 aromatic rings. The summed E-state index contributed by atoms with van der Waals surface area (Å²) in [4.78, 5) is 34.3. The van der Waals surface area contributed by atoms with Crippen LogP contribution in [0.2, 0.25) is 5.02 Å². The van der Waals surface area contributed by atoms with E-state index in [0.29, 0.717) is 26.1 Å². The second-order valence-electron chi connectivity index (χ2n) is 6.70. The zero-order chi connectivity index (χ0) is 21.3. The van der Waals surface area contributed by atoms with Crippen LogP contribution in [0.25, 0.3) is 21.3 Å². The van der Waals surface area contributed by atoms with Crippen LogP contribution >= 0.6 is 34.7 Å². The van der Waals surface area contributed by atoms with Crippen molar-refractivity contribution in [1.29, 1.82) is 0 Å². The summed E-state index contributed by atoms with van der Waals surface area (Å²) in [6, 6.07) is 15.2. The number of benzene rings is 2. The van der Waals surface area contributed by atoms with E-state index < -0.39 is 0 Å². The number of aromatic nitrogens is 2. The van der Waals surface area contributed by atoms with Crippen molar-refractivity contribution in [3.8, 4) is 11.1 Å². The number of amides is 1. The maximum atomic E-state index is 12.8. The monoisotopic (exact) mass is 455 g/mol. The van der Waals surface area contributed by atoms with Crippen LogP contribution in [-0.2, 0) is 4.79 Å². The predicted molar refractivity (Wildman–Crippen MR) is 126 cm³/mol. The number of nitrogens with one attached hydrogen (secondary N) is 2. The summed E-state index contributed by atoms with van der Waals surface area (Å²) in [5.74, 6) is -0.0727. The molecule has 2 heterocycles. The molecular weight excluding hydrogens is 438 g/mol. The van der Waals surface area contributed by atoms with Crippen molar-refractivity contribution < 1.29 is 4.79 Å². The Hall–Kier alpha value is -2.61. The molecule has 0 spiro atoms. The number of carbonyl (C=O) groups excluding carboxylic acids is 1. The molecule has 0 radical (unpaired) electrons. The van der Waals surface area contributed by atoms with Crippen LogP contribution in [0.4, 0.5) is 5.69 Å². The molecule has 0 fully saturated rings. The number of fused-ring (bicyclic) bond motifs is 1. The molecule has 0 unspecified atom stereocenters. The van der Waals surface area contributed by atoms with Crippen LogP contribution in [-0.4, -0.2) is 21.6 Å². The topological polar surface area (TPSA) is 74.8 Å². The van der Waals surface area contributed by atoms with Crippen LogP contribution in [0, 0.1) is 13.8 Å². The van der Waals surface area contributed by atoms with E-state index in [4.69, 9.17) is 11.6 Å². The first-order chi connectivity index (χ1) is 14.4. The van der Waals surface area contributed by atoms with Crippen LogP contribution in [0.1, 0.15) is 10.4 Å². The number of rotatable bonds is 5. The van der Waals surface area contributed by atoms with Gasteiger partial charge in [0, 0.05) is 21.2 Å². The summed E-state index contributed by atoms with van der Waals surface area (Å²) < 4.78 is 0. The van der Waals surface area contributed by atoms with Gasteiger partial charge in [0.2, 0.25) is 5.91 Å². The van der Waals surface area contributed by atoms with Crippen molar-refractivity contribution in [1.82, 2.24) is 9.97 Å². The highest BCUT2D eigenvalue weighted by Gasteiger charge is 2.17. The third-order valence-corrected chi connectivity index (χ3v) is 6.94. The van der Waals surface area contributed by atoms with Crippen LogP contribution in [0.5, 0.6) is 0 Å². The van der Waals surface area contributed by atoms with E-state index in [1.165, 1.54) is 23.1 Å². The Morgan fingerprint density at radius 1 is 1.17 bits per heavy atom. The molecule has 0 saturated heterocycles. The zero-order valence-electron chi connectivity index (χ0n) is 16.3. The zero-order valence-corrected chi connectivity index (χ0v) is 18.7. The highest BCUT2D eigenvalue weighted by atomic mass is 35.5. The van der Waals surface area contributed by atoms with Gasteiger partial charge in [-0.25, -0.2) is 4.98 Å². The number of anilines is 1. The SMILES string of the molecule is Cc1sc2nc(SCC(=O)Nc3cccc(Cl)c3C)[nH]c(=O)c2c1-c1ccccc1. The quantitative estimate of drug-likeness (QED) is 0.301. The molecule has 1 amide bonds. The molecule has 8 heteroatoms. The first-order valence-electron chi connectivity index (χ1n) is 9.20. The molecule has 0 aliphatic rings. The van der Waals surface area contributed by atoms with E-state index in [0.717, 1.165) is 21.6 Å². The van der Waals surface area contributed by atoms with Crippen molar-refractivity contribution in [3.63, 3.8) is 0 Å². The van der Waals surface area contributed by atoms with Gasteiger partial charge in [-0.2, -0.15) is 0 Å². The van der Waals surface area contributed by atoms with Gasteiger partial charge in [-0.15, -0.1) is 11.3 Å². The van der Waals surface area contributed by atoms with Gasteiger partial charge in [0.05, 0.1) is 11.1 Å². The second kappa shape index (κ2) is 8.63. The maximum Gasteiger partial charge on any atom is 0.260 e. The van der Waals surface area contributed by atoms with Gasteiger partial charge in [-0.05, 0) is 37.1 Å². The van der Waals surface area contributed by atoms with E-state index in [9.17, 15) is 9.59 Å². The van der Waals surface area contributed by atoms with Crippen molar-refractivity contribution in [2.24, 2.45) is 0 Å². The molecule has 0 atom stereocenters. The first kappa shape index (κ1) is 20.7. The molecular formula is C22H18ClN3O2S2. The lowest BCUT2D eigenvalue weighted by molar-refractivity contribution is -0.113. The number of H-pyrrole nitrogens is 1. The fraction of sp³-hybridized carbons (Fsp3) is 0.136. The summed E-state index contributed by atoms with van der Waals surface area (Å²) in [5, 5.41) is 4.46. The Balaban J connectivity index is 1.55. The molecule has 0 bridgehead atoms. The molecule has 5 nitrogen and oxygen atoms in total. The van der Waals surface area contributed by atoms with E-state index in [-0.39, 0.29) is 17.2 Å². The smallest absolute Gasteiger partial charge is 0.260 e. The molecule has 2 aromatic heterocycles. The highest BCUT2D eigenvalue weighted by molar-refractivity contribution is 7.99. The minimum Gasteiger partial charge on any atom is -0.325 e. The van der Waals surface area contributed by atoms with Gasteiger partial charge in [0.15, 0.2) is 5.16 Å². The average Bonchev–Trinajstić information content (AvgIpc) is 3.07. The van der Waals surface area contributed by atoms with Crippen LogP contribution in [0.3, 0.4) is 0 Å². The van der Waals surface area contributed by atoms with Gasteiger partial charge in [0.1, 0.15) is 4.83 Å². The summed E-state index contributed by atoms with van der Waals surface area (Å²) in [6.45, 7) is 3.84. The standard InChI is InChI=1S/C22H18ClN3O2S2/c1-12-15(23)9-6-10-16(12)24-17(27)11-29-22-25-20(28)19-18(13(2)30-21(19)26-22)14-7-4-3-5-8-14/h3-10H,11H2,1-2H3,(H,24,27)(H,25,26,28). The molecule has 2 aromatic carbocycles. The average molecular weight is 456 g/mol. The normalized spacial score (nSPS) is 11.0. The molecule has 30 heavy (non-hydrogen) atoms. The lowest BCUT2D eigenvalue weighted by Crippen LogP contribution is -2.16. The van der Waals surface area contributed by atoms with E-state index in [1.54, 1.807) is 18.2 Å². The van der Waals surface area contributed by atoms with Crippen molar-refractivity contribution in [2.75, 3.05) is 11.1 Å². The van der Waals surface area contributed by atoms with E-state index in [2.05, 4.69) is 15.3 Å². The molecule has 0 saturated carbocycles. The number of halogens is 1. The Labute approximate surface area is 186 Å². The fourth-order valence-electron chi connectivity index (χ4n) is 3.18. The van der Waals surface area contributed by atoms with Crippen molar-refractivity contribution >= 4 is 56.5 Å². The Bertz CT molecular complexity index is 1300.